The molecule has 0 radical (unpaired) electrons. The lowest BCUT2D eigenvalue weighted by Gasteiger charge is -2.01. The van der Waals surface area contributed by atoms with E-state index >= 15 is 0 Å². The smallest absolute Gasteiger partial charge is 0.0705 e. The zero-order valence-corrected chi connectivity index (χ0v) is 9.82. The number of hydrogen-bond donors (Lipinski definition) is 1. The number of para-hydroxylation sites is 1. The molecule has 0 saturated carbocycles. The maximum atomic E-state index is 5.42. The van der Waals surface area contributed by atoms with Gasteiger partial charge in [0.05, 0.1) is 5.52 Å². The van der Waals surface area contributed by atoms with E-state index in [4.69, 9.17) is 5.73 Å². The number of hydrogen-bond acceptors (Lipinski definition) is 2. The van der Waals surface area contributed by atoms with Crippen LogP contribution in [0.25, 0.3) is 10.9 Å². The van der Waals surface area contributed by atoms with Gasteiger partial charge in [-0.2, -0.15) is 0 Å². The first-order chi connectivity index (χ1) is 8.42. The Hall–Kier alpha value is -1.85. The Bertz CT molecular complexity index is 544. The van der Waals surface area contributed by atoms with E-state index < -0.39 is 0 Å². The van der Waals surface area contributed by atoms with Gasteiger partial charge in [0.25, 0.3) is 0 Å². The summed E-state index contributed by atoms with van der Waals surface area (Å²) in [6, 6.07) is 10.2. The van der Waals surface area contributed by atoms with E-state index in [2.05, 4.69) is 22.9 Å². The van der Waals surface area contributed by atoms with E-state index in [1.807, 2.05) is 30.5 Å². The molecule has 0 unspecified atom stereocenters. The van der Waals surface area contributed by atoms with Gasteiger partial charge < -0.3 is 5.73 Å². The third-order valence-electron chi connectivity index (χ3n) is 2.65. The van der Waals surface area contributed by atoms with Gasteiger partial charge in [-0.1, -0.05) is 24.1 Å². The Kier molecular flexibility index (Phi) is 4.12. The Morgan fingerprint density at radius 2 is 2.00 bits per heavy atom. The van der Waals surface area contributed by atoms with Crippen molar-refractivity contribution in [3.05, 3.63) is 42.1 Å². The van der Waals surface area contributed by atoms with Crippen LogP contribution in [0, 0.1) is 11.8 Å². The van der Waals surface area contributed by atoms with E-state index in [1.165, 1.54) is 10.9 Å². The second-order valence-electron chi connectivity index (χ2n) is 3.91. The summed E-state index contributed by atoms with van der Waals surface area (Å²) in [7, 11) is 0. The van der Waals surface area contributed by atoms with Crippen molar-refractivity contribution in [1.29, 1.82) is 0 Å². The van der Waals surface area contributed by atoms with Crippen LogP contribution < -0.4 is 5.73 Å². The number of nitrogens with zero attached hydrogens (tertiary/aromatic N) is 1. The van der Waals surface area contributed by atoms with E-state index in [1.54, 1.807) is 0 Å². The molecule has 0 aliphatic carbocycles. The van der Waals surface area contributed by atoms with Crippen molar-refractivity contribution in [2.45, 2.75) is 19.3 Å². The molecular formula is C15H16N2. The summed E-state index contributed by atoms with van der Waals surface area (Å²) in [6.45, 7) is 0.715. The first-order valence-electron chi connectivity index (χ1n) is 5.90. The van der Waals surface area contributed by atoms with Gasteiger partial charge in [-0.15, -0.1) is 5.92 Å². The van der Waals surface area contributed by atoms with E-state index in [-0.39, 0.29) is 0 Å². The van der Waals surface area contributed by atoms with Gasteiger partial charge in [-0.25, -0.2) is 0 Å². The van der Waals surface area contributed by atoms with Crippen LogP contribution in [-0.4, -0.2) is 11.5 Å². The fraction of sp³-hybridized carbons (Fsp3) is 0.267. The second kappa shape index (κ2) is 6.03. The Morgan fingerprint density at radius 3 is 2.88 bits per heavy atom. The number of aromatic nitrogens is 1. The molecule has 0 spiro atoms. The average molecular weight is 224 g/mol. The highest BCUT2D eigenvalue weighted by Crippen LogP contribution is 2.16. The summed E-state index contributed by atoms with van der Waals surface area (Å²) >= 11 is 0. The number of benzene rings is 1. The molecule has 2 nitrogen and oxygen atoms in total. The van der Waals surface area contributed by atoms with Gasteiger partial charge in [0, 0.05) is 24.4 Å². The Balaban J connectivity index is 2.15. The minimum Gasteiger partial charge on any atom is -0.330 e. The highest BCUT2D eigenvalue weighted by molar-refractivity contribution is 5.82. The van der Waals surface area contributed by atoms with Gasteiger partial charge in [-0.3, -0.25) is 4.98 Å². The minimum absolute atomic E-state index is 0.715. The maximum Gasteiger partial charge on any atom is 0.0705 e. The lowest BCUT2D eigenvalue weighted by molar-refractivity contribution is 0.869. The predicted octanol–water partition coefficient (Wildman–Crippen LogP) is 2.52. The molecule has 0 atom stereocenters. The molecule has 2 heteroatoms. The molecule has 2 rings (SSSR count). The second-order valence-corrected chi connectivity index (χ2v) is 3.91. The van der Waals surface area contributed by atoms with E-state index in [0.717, 1.165) is 24.8 Å². The van der Waals surface area contributed by atoms with Crippen molar-refractivity contribution >= 4 is 10.9 Å². The van der Waals surface area contributed by atoms with Gasteiger partial charge in [0.15, 0.2) is 0 Å². The lowest BCUT2D eigenvalue weighted by Crippen LogP contribution is -1.96. The zero-order valence-electron chi connectivity index (χ0n) is 9.82. The average Bonchev–Trinajstić information content (AvgIpc) is 2.39. The number of pyridine rings is 1. The van der Waals surface area contributed by atoms with Gasteiger partial charge in [0.1, 0.15) is 0 Å². The molecule has 0 aliphatic rings. The first-order valence-corrected chi connectivity index (χ1v) is 5.90. The number of unbranched alkanes of at least 4 members (excludes halogenated alkanes) is 1. The third kappa shape index (κ3) is 3.05. The summed E-state index contributed by atoms with van der Waals surface area (Å²) in [5.41, 5.74) is 7.70. The molecule has 0 amide bonds. The van der Waals surface area contributed by atoms with Crippen LogP contribution in [0.4, 0.5) is 0 Å². The van der Waals surface area contributed by atoms with E-state index in [9.17, 15) is 0 Å². The van der Waals surface area contributed by atoms with Crippen LogP contribution in [0.15, 0.2) is 36.5 Å². The van der Waals surface area contributed by atoms with Crippen LogP contribution in [-0.2, 0) is 6.42 Å². The standard InChI is InChI=1S/C15H16N2/c16-11-6-2-1-3-7-13-10-12-17-15-9-5-4-8-14(13)15/h4-5,8-10,12H,2,6-7,11,16H2. The van der Waals surface area contributed by atoms with Crippen molar-refractivity contribution in [3.8, 4) is 11.8 Å². The lowest BCUT2D eigenvalue weighted by atomic mass is 10.1. The molecule has 1 heterocycles. The van der Waals surface area contributed by atoms with Gasteiger partial charge >= 0.3 is 0 Å². The number of nitrogens with two attached hydrogens (primary N) is 1. The van der Waals surface area contributed by atoms with Crippen LogP contribution in [0.5, 0.6) is 0 Å². The molecule has 0 fully saturated rings. The van der Waals surface area contributed by atoms with Crippen molar-refractivity contribution in [1.82, 2.24) is 4.98 Å². The normalized spacial score (nSPS) is 9.94. The molecule has 17 heavy (non-hydrogen) atoms. The van der Waals surface area contributed by atoms with E-state index in [0.29, 0.717) is 6.54 Å². The van der Waals surface area contributed by atoms with Crippen LogP contribution in [0.2, 0.25) is 0 Å². The molecular weight excluding hydrogens is 208 g/mol. The van der Waals surface area contributed by atoms with Gasteiger partial charge in [-0.05, 0) is 30.7 Å². The monoisotopic (exact) mass is 224 g/mol. The zero-order chi connectivity index (χ0) is 11.9. The first kappa shape index (κ1) is 11.6. The molecule has 1 aromatic heterocycles. The molecule has 0 saturated heterocycles. The largest absolute Gasteiger partial charge is 0.330 e. The summed E-state index contributed by atoms with van der Waals surface area (Å²) in [5.74, 6) is 6.34. The fourth-order valence-corrected chi connectivity index (χ4v) is 1.75. The topological polar surface area (TPSA) is 38.9 Å². The molecule has 2 N–H and O–H groups in total. The Labute approximate surface area is 102 Å². The predicted molar refractivity (Wildman–Crippen MR) is 71.5 cm³/mol. The number of rotatable bonds is 3. The molecule has 0 aliphatic heterocycles. The summed E-state index contributed by atoms with van der Waals surface area (Å²) in [5, 5.41) is 1.20. The highest BCUT2D eigenvalue weighted by atomic mass is 14.6. The van der Waals surface area contributed by atoms with Crippen molar-refractivity contribution < 1.29 is 0 Å². The molecule has 1 aromatic carbocycles. The molecule has 2 aromatic rings. The van der Waals surface area contributed by atoms with Gasteiger partial charge in [0.2, 0.25) is 0 Å². The summed E-state index contributed by atoms with van der Waals surface area (Å²) in [4.78, 5) is 4.33. The van der Waals surface area contributed by atoms with Crippen molar-refractivity contribution in [2.75, 3.05) is 6.54 Å². The van der Waals surface area contributed by atoms with Crippen molar-refractivity contribution in [2.24, 2.45) is 5.73 Å². The van der Waals surface area contributed by atoms with Crippen LogP contribution >= 0.6 is 0 Å². The SMILES string of the molecule is NCCCC#CCc1ccnc2ccccc12. The fourth-order valence-electron chi connectivity index (χ4n) is 1.75. The maximum absolute atomic E-state index is 5.42. The summed E-state index contributed by atoms with van der Waals surface area (Å²) in [6.07, 6.45) is 4.50. The quantitative estimate of drug-likeness (QED) is 0.642. The molecule has 0 bridgehead atoms. The molecule has 86 valence electrons. The number of fused-ring (bicyclic) bond motifs is 1. The summed E-state index contributed by atoms with van der Waals surface area (Å²) < 4.78 is 0. The van der Waals surface area contributed by atoms with Crippen LogP contribution in [0.3, 0.4) is 0 Å². The minimum atomic E-state index is 0.715. The third-order valence-corrected chi connectivity index (χ3v) is 2.65. The van der Waals surface area contributed by atoms with Crippen LogP contribution in [0.1, 0.15) is 18.4 Å². The van der Waals surface area contributed by atoms with Crippen molar-refractivity contribution in [3.63, 3.8) is 0 Å². The highest BCUT2D eigenvalue weighted by Gasteiger charge is 1.98. The Morgan fingerprint density at radius 1 is 1.12 bits per heavy atom.